The van der Waals surface area contributed by atoms with E-state index < -0.39 is 0 Å². The third-order valence-electron chi connectivity index (χ3n) is 2.03. The van der Waals surface area contributed by atoms with Crippen LogP contribution in [-0.4, -0.2) is 6.29 Å². The standard InChI is InChI=1S/C10H20O/c1-6-10(5,8-11)7-9(2,3)4/h8H,6-7H2,1-5H3. The molecule has 0 aliphatic heterocycles. The summed E-state index contributed by atoms with van der Waals surface area (Å²) in [6.45, 7) is 10.6. The minimum atomic E-state index is -0.113. The molecular weight excluding hydrogens is 136 g/mol. The van der Waals surface area contributed by atoms with Gasteiger partial charge in [-0.15, -0.1) is 0 Å². The van der Waals surface area contributed by atoms with Crippen LogP contribution in [-0.2, 0) is 4.79 Å². The van der Waals surface area contributed by atoms with E-state index in [4.69, 9.17) is 0 Å². The Balaban J connectivity index is 4.19. The maximum absolute atomic E-state index is 10.7. The lowest BCUT2D eigenvalue weighted by atomic mass is 9.74. The molecule has 1 nitrogen and oxygen atoms in total. The van der Waals surface area contributed by atoms with Gasteiger partial charge in [0.2, 0.25) is 0 Å². The van der Waals surface area contributed by atoms with E-state index in [-0.39, 0.29) is 10.8 Å². The highest BCUT2D eigenvalue weighted by Crippen LogP contribution is 2.33. The third kappa shape index (κ3) is 4.18. The second-order valence-corrected chi connectivity index (χ2v) is 4.86. The zero-order valence-electron chi connectivity index (χ0n) is 8.40. The minimum absolute atomic E-state index is 0.113. The zero-order chi connectivity index (χ0) is 9.12. The van der Waals surface area contributed by atoms with E-state index in [1.807, 2.05) is 6.92 Å². The molecule has 0 aliphatic carbocycles. The fourth-order valence-corrected chi connectivity index (χ4v) is 1.46. The molecule has 0 aromatic carbocycles. The van der Waals surface area contributed by atoms with Crippen molar-refractivity contribution in [1.29, 1.82) is 0 Å². The quantitative estimate of drug-likeness (QED) is 0.574. The number of carbonyl (C=O) groups excluding carboxylic acids is 1. The SMILES string of the molecule is CCC(C)(C=O)CC(C)(C)C. The van der Waals surface area contributed by atoms with Crippen molar-refractivity contribution in [3.63, 3.8) is 0 Å². The molecule has 0 N–H and O–H groups in total. The highest BCUT2D eigenvalue weighted by Gasteiger charge is 2.27. The molecule has 0 spiro atoms. The first-order chi connectivity index (χ1) is 4.83. The van der Waals surface area contributed by atoms with Crippen LogP contribution in [0.25, 0.3) is 0 Å². The van der Waals surface area contributed by atoms with Crippen LogP contribution in [0.2, 0.25) is 0 Å². The summed E-state index contributed by atoms with van der Waals surface area (Å²) in [6.07, 6.45) is 3.01. The number of hydrogen-bond donors (Lipinski definition) is 0. The molecule has 1 heteroatoms. The maximum atomic E-state index is 10.7. The van der Waals surface area contributed by atoms with E-state index in [1.165, 1.54) is 0 Å². The molecule has 66 valence electrons. The lowest BCUT2D eigenvalue weighted by molar-refractivity contribution is -0.117. The van der Waals surface area contributed by atoms with Crippen molar-refractivity contribution in [2.75, 3.05) is 0 Å². The van der Waals surface area contributed by atoms with Crippen molar-refractivity contribution in [2.24, 2.45) is 10.8 Å². The van der Waals surface area contributed by atoms with E-state index in [0.29, 0.717) is 0 Å². The maximum Gasteiger partial charge on any atom is 0.125 e. The molecule has 0 saturated carbocycles. The number of aldehydes is 1. The van der Waals surface area contributed by atoms with Gasteiger partial charge in [0.1, 0.15) is 6.29 Å². The Bertz CT molecular complexity index is 132. The molecule has 0 aromatic rings. The van der Waals surface area contributed by atoms with E-state index >= 15 is 0 Å². The predicted molar refractivity (Wildman–Crippen MR) is 48.5 cm³/mol. The molecular formula is C10H20O. The smallest absolute Gasteiger partial charge is 0.125 e. The molecule has 0 amide bonds. The Labute approximate surface area is 70.2 Å². The van der Waals surface area contributed by atoms with Gasteiger partial charge in [-0.05, 0) is 18.3 Å². The number of rotatable bonds is 3. The average molecular weight is 156 g/mol. The summed E-state index contributed by atoms with van der Waals surface area (Å²) in [5, 5.41) is 0. The molecule has 0 aliphatic rings. The summed E-state index contributed by atoms with van der Waals surface area (Å²) < 4.78 is 0. The second kappa shape index (κ2) is 3.38. The molecule has 11 heavy (non-hydrogen) atoms. The first kappa shape index (κ1) is 10.7. The summed E-state index contributed by atoms with van der Waals surface area (Å²) in [5.74, 6) is 0. The summed E-state index contributed by atoms with van der Waals surface area (Å²) in [7, 11) is 0. The van der Waals surface area contributed by atoms with E-state index in [2.05, 4.69) is 27.7 Å². The van der Waals surface area contributed by atoms with Crippen LogP contribution in [0.4, 0.5) is 0 Å². The van der Waals surface area contributed by atoms with Gasteiger partial charge in [-0.1, -0.05) is 34.6 Å². The van der Waals surface area contributed by atoms with Gasteiger partial charge < -0.3 is 4.79 Å². The normalized spacial score (nSPS) is 17.5. The summed E-state index contributed by atoms with van der Waals surface area (Å²) >= 11 is 0. The van der Waals surface area contributed by atoms with Crippen molar-refractivity contribution in [3.05, 3.63) is 0 Å². The Morgan fingerprint density at radius 3 is 1.73 bits per heavy atom. The van der Waals surface area contributed by atoms with Crippen LogP contribution in [0.1, 0.15) is 47.5 Å². The Hall–Kier alpha value is -0.330. The van der Waals surface area contributed by atoms with Gasteiger partial charge in [0.25, 0.3) is 0 Å². The monoisotopic (exact) mass is 156 g/mol. The van der Waals surface area contributed by atoms with E-state index in [0.717, 1.165) is 19.1 Å². The zero-order valence-corrected chi connectivity index (χ0v) is 8.40. The minimum Gasteiger partial charge on any atom is -0.303 e. The summed E-state index contributed by atoms with van der Waals surface area (Å²) in [4.78, 5) is 10.7. The van der Waals surface area contributed by atoms with Gasteiger partial charge in [-0.2, -0.15) is 0 Å². The fourth-order valence-electron chi connectivity index (χ4n) is 1.46. The number of carbonyl (C=O) groups is 1. The van der Waals surface area contributed by atoms with Gasteiger partial charge in [0, 0.05) is 5.41 Å². The lowest BCUT2D eigenvalue weighted by Crippen LogP contribution is -2.24. The van der Waals surface area contributed by atoms with Gasteiger partial charge >= 0.3 is 0 Å². The Morgan fingerprint density at radius 2 is 1.64 bits per heavy atom. The molecule has 0 fully saturated rings. The predicted octanol–water partition coefficient (Wildman–Crippen LogP) is 3.04. The first-order valence-corrected chi connectivity index (χ1v) is 4.29. The molecule has 0 aromatic heterocycles. The van der Waals surface area contributed by atoms with E-state index in [1.54, 1.807) is 0 Å². The molecule has 0 radical (unpaired) electrons. The van der Waals surface area contributed by atoms with Crippen molar-refractivity contribution in [2.45, 2.75) is 47.5 Å². The van der Waals surface area contributed by atoms with E-state index in [9.17, 15) is 4.79 Å². The Morgan fingerprint density at radius 1 is 1.18 bits per heavy atom. The molecule has 0 heterocycles. The third-order valence-corrected chi connectivity index (χ3v) is 2.03. The molecule has 0 bridgehead atoms. The summed E-state index contributed by atoms with van der Waals surface area (Å²) in [6, 6.07) is 0. The first-order valence-electron chi connectivity index (χ1n) is 4.29. The molecule has 0 rings (SSSR count). The molecule has 1 unspecified atom stereocenters. The van der Waals surface area contributed by atoms with Crippen LogP contribution in [0.3, 0.4) is 0 Å². The fraction of sp³-hybridized carbons (Fsp3) is 0.900. The van der Waals surface area contributed by atoms with Crippen molar-refractivity contribution in [1.82, 2.24) is 0 Å². The van der Waals surface area contributed by atoms with Crippen molar-refractivity contribution >= 4 is 6.29 Å². The van der Waals surface area contributed by atoms with Crippen LogP contribution < -0.4 is 0 Å². The highest BCUT2D eigenvalue weighted by molar-refractivity contribution is 5.58. The molecule has 1 atom stereocenters. The van der Waals surface area contributed by atoms with Gasteiger partial charge in [-0.25, -0.2) is 0 Å². The Kier molecular flexibility index (Phi) is 3.28. The topological polar surface area (TPSA) is 17.1 Å². The van der Waals surface area contributed by atoms with Gasteiger partial charge in [0.05, 0.1) is 0 Å². The van der Waals surface area contributed by atoms with Crippen LogP contribution >= 0.6 is 0 Å². The number of hydrogen-bond acceptors (Lipinski definition) is 1. The molecule has 0 saturated heterocycles. The summed E-state index contributed by atoms with van der Waals surface area (Å²) in [5.41, 5.74) is 0.143. The van der Waals surface area contributed by atoms with Gasteiger partial charge in [-0.3, -0.25) is 0 Å². The second-order valence-electron chi connectivity index (χ2n) is 4.86. The highest BCUT2D eigenvalue weighted by atomic mass is 16.1. The lowest BCUT2D eigenvalue weighted by Gasteiger charge is -2.29. The van der Waals surface area contributed by atoms with Crippen LogP contribution in [0.5, 0.6) is 0 Å². The average Bonchev–Trinajstić information content (AvgIpc) is 1.84. The van der Waals surface area contributed by atoms with Crippen molar-refractivity contribution < 1.29 is 4.79 Å². The van der Waals surface area contributed by atoms with Crippen LogP contribution in [0, 0.1) is 10.8 Å². The largest absolute Gasteiger partial charge is 0.303 e. The van der Waals surface area contributed by atoms with Crippen molar-refractivity contribution in [3.8, 4) is 0 Å². The van der Waals surface area contributed by atoms with Crippen LogP contribution in [0.15, 0.2) is 0 Å². The van der Waals surface area contributed by atoms with Gasteiger partial charge in [0.15, 0.2) is 0 Å².